The minimum atomic E-state index is 1.23. The van der Waals surface area contributed by atoms with Crippen LogP contribution in [0.2, 0.25) is 0 Å². The van der Waals surface area contributed by atoms with Crippen molar-refractivity contribution in [3.05, 3.63) is 182 Å². The molecule has 0 aliphatic heterocycles. The van der Waals surface area contributed by atoms with Crippen molar-refractivity contribution in [1.29, 1.82) is 0 Å². The Morgan fingerprint density at radius 2 is 0.647 bits per heavy atom. The number of benzene rings is 9. The molecule has 9 aromatic carbocycles. The summed E-state index contributed by atoms with van der Waals surface area (Å²) in [4.78, 5) is 0. The fourth-order valence-corrected chi connectivity index (χ4v) is 9.91. The fourth-order valence-electron chi connectivity index (χ4n) is 8.69. The molecule has 0 atom stereocenters. The average Bonchev–Trinajstić information content (AvgIpc) is 3.58. The summed E-state index contributed by atoms with van der Waals surface area (Å²) in [6, 6.07) is 67.6. The highest BCUT2D eigenvalue weighted by molar-refractivity contribution is 7.26. The van der Waals surface area contributed by atoms with Crippen molar-refractivity contribution >= 4 is 53.1 Å². The van der Waals surface area contributed by atoms with Crippen LogP contribution in [0.15, 0.2) is 182 Å². The van der Waals surface area contributed by atoms with Crippen LogP contribution in [-0.2, 0) is 0 Å². The van der Waals surface area contributed by atoms with Crippen molar-refractivity contribution in [2.75, 3.05) is 0 Å². The van der Waals surface area contributed by atoms with E-state index in [4.69, 9.17) is 0 Å². The Bertz CT molecular complexity index is 2970. The van der Waals surface area contributed by atoms with Gasteiger partial charge in [0.2, 0.25) is 0 Å². The molecule has 1 heterocycles. The standard InChI is InChI=1S/C50H30S/c1-2-15-33-32(14-1)34-16-3-4-18-36(34)38-29-28-31(30-46(38)37-19-6-5-17-35(33)37)48-40-21-7-9-23-42(40)49(43-24-10-8-22-41(43)48)45-26-13-25-44-39-20-11-12-27-47(39)51-50(44)45/h1-30H. The molecule has 0 fully saturated rings. The lowest BCUT2D eigenvalue weighted by molar-refractivity contribution is 1.52. The maximum atomic E-state index is 2.46. The van der Waals surface area contributed by atoms with E-state index >= 15 is 0 Å². The van der Waals surface area contributed by atoms with Gasteiger partial charge in [-0.15, -0.1) is 11.3 Å². The van der Waals surface area contributed by atoms with Gasteiger partial charge < -0.3 is 0 Å². The highest BCUT2D eigenvalue weighted by atomic mass is 32.1. The quantitative estimate of drug-likeness (QED) is 0.162. The second-order valence-corrected chi connectivity index (χ2v) is 14.6. The van der Waals surface area contributed by atoms with E-state index in [-0.39, 0.29) is 0 Å². The number of hydrogen-bond acceptors (Lipinski definition) is 1. The Labute approximate surface area is 300 Å². The largest absolute Gasteiger partial charge is 0.135 e. The van der Waals surface area contributed by atoms with Crippen LogP contribution in [-0.4, -0.2) is 0 Å². The van der Waals surface area contributed by atoms with Crippen LogP contribution in [0, 0.1) is 0 Å². The van der Waals surface area contributed by atoms with E-state index in [0.717, 1.165) is 0 Å². The van der Waals surface area contributed by atoms with Gasteiger partial charge in [-0.3, -0.25) is 0 Å². The predicted octanol–water partition coefficient (Wildman–Crippen LogP) is 14.7. The minimum absolute atomic E-state index is 1.23. The molecule has 0 spiro atoms. The molecular weight excluding hydrogens is 633 g/mol. The Balaban J connectivity index is 1.23. The van der Waals surface area contributed by atoms with E-state index in [1.807, 2.05) is 11.3 Å². The van der Waals surface area contributed by atoms with Crippen LogP contribution in [0.5, 0.6) is 0 Å². The summed E-state index contributed by atoms with van der Waals surface area (Å²) in [6.07, 6.45) is 0. The lowest BCUT2D eigenvalue weighted by Gasteiger charge is -2.24. The number of rotatable bonds is 2. The van der Waals surface area contributed by atoms with Gasteiger partial charge >= 0.3 is 0 Å². The highest BCUT2D eigenvalue weighted by Gasteiger charge is 2.24. The summed E-state index contributed by atoms with van der Waals surface area (Å²) in [6.45, 7) is 0. The summed E-state index contributed by atoms with van der Waals surface area (Å²) in [5.41, 5.74) is 15.3. The maximum absolute atomic E-state index is 2.46. The third-order valence-electron chi connectivity index (χ3n) is 10.9. The monoisotopic (exact) mass is 662 g/mol. The van der Waals surface area contributed by atoms with Crippen LogP contribution < -0.4 is 0 Å². The molecule has 1 heteroatoms. The Morgan fingerprint density at radius 3 is 1.20 bits per heavy atom. The fraction of sp³-hybridized carbons (Fsp3) is 0. The molecule has 236 valence electrons. The lowest BCUT2D eigenvalue weighted by Crippen LogP contribution is -1.97. The maximum Gasteiger partial charge on any atom is 0.0434 e. The molecule has 0 unspecified atom stereocenters. The molecular formula is C50H30S. The Morgan fingerprint density at radius 1 is 0.255 bits per heavy atom. The van der Waals surface area contributed by atoms with Gasteiger partial charge in [0.25, 0.3) is 0 Å². The smallest absolute Gasteiger partial charge is 0.0434 e. The van der Waals surface area contributed by atoms with Crippen molar-refractivity contribution in [3.63, 3.8) is 0 Å². The summed E-state index contributed by atoms with van der Waals surface area (Å²) in [5.74, 6) is 0. The van der Waals surface area contributed by atoms with Gasteiger partial charge in [-0.25, -0.2) is 0 Å². The van der Waals surface area contributed by atoms with Crippen molar-refractivity contribution in [2.45, 2.75) is 0 Å². The van der Waals surface area contributed by atoms with Crippen LogP contribution in [0.3, 0.4) is 0 Å². The van der Waals surface area contributed by atoms with Gasteiger partial charge in [-0.1, -0.05) is 170 Å². The topological polar surface area (TPSA) is 0 Å². The van der Waals surface area contributed by atoms with E-state index in [1.165, 1.54) is 108 Å². The molecule has 0 N–H and O–H groups in total. The molecule has 51 heavy (non-hydrogen) atoms. The van der Waals surface area contributed by atoms with Crippen LogP contribution in [0.4, 0.5) is 0 Å². The molecule has 0 bridgehead atoms. The first-order valence-electron chi connectivity index (χ1n) is 17.6. The van der Waals surface area contributed by atoms with E-state index in [1.54, 1.807) is 0 Å². The van der Waals surface area contributed by atoms with E-state index < -0.39 is 0 Å². The first-order valence-corrected chi connectivity index (χ1v) is 18.4. The summed E-state index contributed by atoms with van der Waals surface area (Å²) in [5, 5.41) is 7.76. The van der Waals surface area contributed by atoms with Crippen molar-refractivity contribution < 1.29 is 0 Å². The summed E-state index contributed by atoms with van der Waals surface area (Å²) < 4.78 is 2.67. The molecule has 0 amide bonds. The van der Waals surface area contributed by atoms with Crippen LogP contribution in [0.1, 0.15) is 0 Å². The van der Waals surface area contributed by atoms with Gasteiger partial charge in [-0.2, -0.15) is 0 Å². The zero-order valence-corrected chi connectivity index (χ0v) is 28.5. The molecule has 0 nitrogen and oxygen atoms in total. The average molecular weight is 663 g/mol. The zero-order chi connectivity index (χ0) is 33.5. The van der Waals surface area contributed by atoms with Crippen LogP contribution >= 0.6 is 11.3 Å². The third kappa shape index (κ3) is 4.19. The summed E-state index contributed by atoms with van der Waals surface area (Å²) in [7, 11) is 0. The second kappa shape index (κ2) is 11.1. The van der Waals surface area contributed by atoms with Gasteiger partial charge in [-0.05, 0) is 94.9 Å². The molecule has 0 saturated heterocycles. The SMILES string of the molecule is c1ccc2c(c1)-c1ccccc1-c1ccc(-c3c4ccccc4c(-c4cccc5c4sc4ccccc45)c4ccccc34)cc1-c1ccccc1-2. The molecule has 1 aromatic heterocycles. The Kier molecular flexibility index (Phi) is 6.22. The zero-order valence-electron chi connectivity index (χ0n) is 27.7. The summed E-state index contributed by atoms with van der Waals surface area (Å²) >= 11 is 1.90. The van der Waals surface area contributed by atoms with E-state index in [0.29, 0.717) is 0 Å². The molecule has 1 aliphatic carbocycles. The van der Waals surface area contributed by atoms with Crippen molar-refractivity contribution in [3.8, 4) is 66.8 Å². The number of hydrogen-bond donors (Lipinski definition) is 0. The molecule has 1 aliphatic rings. The van der Waals surface area contributed by atoms with Gasteiger partial charge in [0.05, 0.1) is 0 Å². The Hall–Kier alpha value is -6.28. The number of thiophene rings is 1. The molecule has 11 rings (SSSR count). The first kappa shape index (κ1) is 28.5. The highest BCUT2D eigenvalue weighted by Crippen LogP contribution is 2.51. The van der Waals surface area contributed by atoms with Crippen molar-refractivity contribution in [1.82, 2.24) is 0 Å². The first-order chi connectivity index (χ1) is 25.3. The van der Waals surface area contributed by atoms with Gasteiger partial charge in [0, 0.05) is 25.7 Å². The van der Waals surface area contributed by atoms with Crippen molar-refractivity contribution in [2.24, 2.45) is 0 Å². The third-order valence-corrected chi connectivity index (χ3v) is 12.1. The lowest BCUT2D eigenvalue weighted by atomic mass is 9.79. The molecule has 0 saturated carbocycles. The van der Waals surface area contributed by atoms with Gasteiger partial charge in [0.15, 0.2) is 0 Å². The number of fused-ring (bicyclic) bond motifs is 13. The normalized spacial score (nSPS) is 11.9. The minimum Gasteiger partial charge on any atom is -0.135 e. The van der Waals surface area contributed by atoms with Gasteiger partial charge in [0.1, 0.15) is 0 Å². The van der Waals surface area contributed by atoms with E-state index in [2.05, 4.69) is 182 Å². The van der Waals surface area contributed by atoms with E-state index in [9.17, 15) is 0 Å². The molecule has 0 radical (unpaired) electrons. The predicted molar refractivity (Wildman–Crippen MR) is 221 cm³/mol. The van der Waals surface area contributed by atoms with Crippen LogP contribution in [0.25, 0.3) is 108 Å². The molecule has 10 aromatic rings. The second-order valence-electron chi connectivity index (χ2n) is 13.5.